The van der Waals surface area contributed by atoms with Crippen molar-refractivity contribution in [1.29, 1.82) is 0 Å². The van der Waals surface area contributed by atoms with Crippen LogP contribution >= 0.6 is 0 Å². The minimum absolute atomic E-state index is 0.326. The Morgan fingerprint density at radius 2 is 1.00 bits per heavy atom. The van der Waals surface area contributed by atoms with Crippen LogP contribution in [0, 0.1) is 5.41 Å². The zero-order valence-corrected chi connectivity index (χ0v) is 32.3. The Morgan fingerprint density at radius 1 is 0.500 bits per heavy atom. The van der Waals surface area contributed by atoms with Crippen LogP contribution in [0.5, 0.6) is 0 Å². The molecule has 0 fully saturated rings. The molecule has 1 unspecified atom stereocenters. The molecule has 0 spiro atoms. The van der Waals surface area contributed by atoms with Crippen molar-refractivity contribution in [2.24, 2.45) is 5.41 Å². The molecule has 0 N–H and O–H groups in total. The summed E-state index contributed by atoms with van der Waals surface area (Å²) in [5.74, 6) is 0.623. The number of fused-ring (bicyclic) bond motifs is 4. The summed E-state index contributed by atoms with van der Waals surface area (Å²) in [4.78, 5) is 0. The predicted octanol–water partition coefficient (Wildman–Crippen LogP) is 13.8. The molecule has 0 radical (unpaired) electrons. The maximum Gasteiger partial charge on any atom is 0.0491 e. The summed E-state index contributed by atoms with van der Waals surface area (Å²) in [5, 5.41) is 2.74. The first-order chi connectivity index (χ1) is 25.4. The van der Waals surface area contributed by atoms with Crippen LogP contribution in [0.25, 0.3) is 21.8 Å². The number of aromatic nitrogens is 1. The molecular formula is C51H61N. The highest BCUT2D eigenvalue weighted by Crippen LogP contribution is 2.35. The molecule has 1 heterocycles. The van der Waals surface area contributed by atoms with Crippen molar-refractivity contribution in [2.75, 3.05) is 0 Å². The number of para-hydroxylation sites is 2. The molecule has 1 aromatic heterocycles. The van der Waals surface area contributed by atoms with Crippen LogP contribution in [-0.2, 0) is 45.1 Å². The molecular weight excluding hydrogens is 627 g/mol. The van der Waals surface area contributed by atoms with E-state index >= 15 is 0 Å². The molecule has 7 rings (SSSR count). The van der Waals surface area contributed by atoms with E-state index in [2.05, 4.69) is 141 Å². The number of rotatable bonds is 18. The van der Waals surface area contributed by atoms with Crippen LogP contribution in [0.2, 0.25) is 0 Å². The third-order valence-corrected chi connectivity index (χ3v) is 11.7. The molecule has 1 nitrogen and oxygen atoms in total. The van der Waals surface area contributed by atoms with E-state index < -0.39 is 0 Å². The first kappa shape index (κ1) is 36.3. The van der Waals surface area contributed by atoms with Gasteiger partial charge < -0.3 is 4.57 Å². The summed E-state index contributed by atoms with van der Waals surface area (Å²) in [6, 6.07) is 44.2. The van der Waals surface area contributed by atoms with Gasteiger partial charge in [-0.15, -0.1) is 0 Å². The van der Waals surface area contributed by atoms with Gasteiger partial charge in [-0.3, -0.25) is 0 Å². The lowest BCUT2D eigenvalue weighted by Gasteiger charge is -2.27. The normalized spacial score (nSPS) is 13.4. The highest BCUT2D eigenvalue weighted by Gasteiger charge is 2.20. The van der Waals surface area contributed by atoms with Gasteiger partial charge in [-0.1, -0.05) is 137 Å². The van der Waals surface area contributed by atoms with Gasteiger partial charge in [-0.25, -0.2) is 0 Å². The SMILES string of the molecule is CC(C)(C)CC(CCCc1ccc(CCCCn2c3ccccc3c3ccccc32)cc1)c1ccc(CCCCCCc2ccc3c(c2)CC3)cc1. The monoisotopic (exact) mass is 687 g/mol. The quantitative estimate of drug-likeness (QED) is 0.0793. The highest BCUT2D eigenvalue weighted by atomic mass is 15.0. The lowest BCUT2D eigenvalue weighted by atomic mass is 9.79. The Balaban J connectivity index is 0.830. The predicted molar refractivity (Wildman–Crippen MR) is 225 cm³/mol. The minimum Gasteiger partial charge on any atom is -0.340 e. The summed E-state index contributed by atoms with van der Waals surface area (Å²) in [7, 11) is 0. The zero-order valence-electron chi connectivity index (χ0n) is 32.3. The highest BCUT2D eigenvalue weighted by molar-refractivity contribution is 6.07. The fraction of sp³-hybridized carbons (Fsp3) is 0.412. The summed E-state index contributed by atoms with van der Waals surface area (Å²) in [6.07, 6.45) is 18.8. The maximum atomic E-state index is 2.52. The fourth-order valence-electron chi connectivity index (χ4n) is 8.77. The lowest BCUT2D eigenvalue weighted by molar-refractivity contribution is 0.328. The van der Waals surface area contributed by atoms with Gasteiger partial charge in [-0.05, 0) is 146 Å². The Kier molecular flexibility index (Phi) is 12.0. The number of nitrogens with zero attached hydrogens (tertiary/aromatic N) is 1. The molecule has 52 heavy (non-hydrogen) atoms. The number of hydrogen-bond donors (Lipinski definition) is 0. The maximum absolute atomic E-state index is 2.52. The Bertz CT molecular complexity index is 1960. The van der Waals surface area contributed by atoms with Crippen LogP contribution in [-0.4, -0.2) is 4.57 Å². The third kappa shape index (κ3) is 9.46. The molecule has 0 amide bonds. The number of hydrogen-bond acceptors (Lipinski definition) is 0. The average Bonchev–Trinajstić information content (AvgIpc) is 3.46. The van der Waals surface area contributed by atoms with Gasteiger partial charge in [0.15, 0.2) is 0 Å². The second-order valence-electron chi connectivity index (χ2n) is 17.1. The Labute approximate surface area is 314 Å². The van der Waals surface area contributed by atoms with E-state index in [9.17, 15) is 0 Å². The van der Waals surface area contributed by atoms with Crippen molar-refractivity contribution in [3.8, 4) is 0 Å². The Morgan fingerprint density at radius 3 is 1.56 bits per heavy atom. The van der Waals surface area contributed by atoms with Crippen molar-refractivity contribution >= 4 is 21.8 Å². The standard InChI is InChI=1S/C51H61N/c1-51(2,3)38-46(44-31-28-40(29-32-44)15-6-4-5-7-17-42-30-33-43-34-35-45(43)37-42)19-14-18-41-26-24-39(25-27-41)16-12-13-36-52-49-22-10-8-20-47(49)48-21-9-11-23-50(48)52/h8-11,20-33,37,46H,4-7,12-19,34-36,38H2,1-3H3. The summed E-state index contributed by atoms with van der Waals surface area (Å²) in [5.41, 5.74) is 13.8. The van der Waals surface area contributed by atoms with Gasteiger partial charge in [0.05, 0.1) is 0 Å². The molecule has 6 aromatic rings. The van der Waals surface area contributed by atoms with E-state index in [-0.39, 0.29) is 0 Å². The molecule has 1 heteroatoms. The summed E-state index contributed by atoms with van der Waals surface area (Å²) >= 11 is 0. The van der Waals surface area contributed by atoms with Crippen molar-refractivity contribution in [2.45, 2.75) is 130 Å². The van der Waals surface area contributed by atoms with E-state index in [1.165, 1.54) is 134 Å². The first-order valence-electron chi connectivity index (χ1n) is 20.6. The van der Waals surface area contributed by atoms with Gasteiger partial charge in [0.1, 0.15) is 0 Å². The largest absolute Gasteiger partial charge is 0.340 e. The number of benzene rings is 5. The smallest absolute Gasteiger partial charge is 0.0491 e. The first-order valence-corrected chi connectivity index (χ1v) is 20.6. The van der Waals surface area contributed by atoms with Crippen LogP contribution in [0.1, 0.15) is 123 Å². The van der Waals surface area contributed by atoms with Gasteiger partial charge in [0.2, 0.25) is 0 Å². The lowest BCUT2D eigenvalue weighted by Crippen LogP contribution is -2.12. The molecule has 1 aliphatic carbocycles. The molecule has 1 aliphatic rings. The van der Waals surface area contributed by atoms with Crippen LogP contribution in [0.4, 0.5) is 0 Å². The van der Waals surface area contributed by atoms with Crippen molar-refractivity contribution < 1.29 is 0 Å². The molecule has 5 aromatic carbocycles. The topological polar surface area (TPSA) is 4.93 Å². The average molecular weight is 688 g/mol. The molecule has 0 bridgehead atoms. The van der Waals surface area contributed by atoms with Crippen molar-refractivity contribution in [1.82, 2.24) is 4.57 Å². The zero-order chi connectivity index (χ0) is 35.8. The summed E-state index contributed by atoms with van der Waals surface area (Å²) < 4.78 is 2.52. The van der Waals surface area contributed by atoms with E-state index in [0.29, 0.717) is 11.3 Å². The van der Waals surface area contributed by atoms with Crippen molar-refractivity contribution in [3.63, 3.8) is 0 Å². The van der Waals surface area contributed by atoms with Crippen molar-refractivity contribution in [3.05, 3.63) is 154 Å². The minimum atomic E-state index is 0.326. The molecule has 270 valence electrons. The van der Waals surface area contributed by atoms with Gasteiger partial charge in [0.25, 0.3) is 0 Å². The molecule has 0 saturated heterocycles. The van der Waals surface area contributed by atoms with E-state index in [4.69, 9.17) is 0 Å². The second kappa shape index (κ2) is 17.2. The van der Waals surface area contributed by atoms with E-state index in [0.717, 1.165) is 13.0 Å². The van der Waals surface area contributed by atoms with Gasteiger partial charge >= 0.3 is 0 Å². The fourth-order valence-corrected chi connectivity index (χ4v) is 8.77. The van der Waals surface area contributed by atoms with E-state index in [1.54, 1.807) is 16.7 Å². The van der Waals surface area contributed by atoms with Gasteiger partial charge in [0, 0.05) is 28.4 Å². The Hall–Kier alpha value is -4.10. The van der Waals surface area contributed by atoms with E-state index in [1.807, 2.05) is 0 Å². The summed E-state index contributed by atoms with van der Waals surface area (Å²) in [6.45, 7) is 8.28. The number of aryl methyl sites for hydroxylation is 7. The molecule has 0 saturated carbocycles. The second-order valence-corrected chi connectivity index (χ2v) is 17.1. The third-order valence-electron chi connectivity index (χ3n) is 11.7. The van der Waals surface area contributed by atoms with Gasteiger partial charge in [-0.2, -0.15) is 0 Å². The molecule has 0 aliphatic heterocycles. The van der Waals surface area contributed by atoms with Crippen LogP contribution in [0.3, 0.4) is 0 Å². The number of unbranched alkanes of at least 4 members (excludes halogenated alkanes) is 4. The molecule has 1 atom stereocenters. The van der Waals surface area contributed by atoms with Crippen LogP contribution in [0.15, 0.2) is 115 Å². The van der Waals surface area contributed by atoms with Crippen LogP contribution < -0.4 is 0 Å².